The van der Waals surface area contributed by atoms with Gasteiger partial charge in [0, 0.05) is 13.2 Å². The third kappa shape index (κ3) is 7.41. The lowest BCUT2D eigenvalue weighted by Gasteiger charge is -2.11. The number of anilines is 3. The predicted octanol–water partition coefficient (Wildman–Crippen LogP) is 5.04. The van der Waals surface area contributed by atoms with Crippen LogP contribution in [0.5, 0.6) is 5.75 Å². The fourth-order valence-corrected chi connectivity index (χ4v) is 3.74. The van der Waals surface area contributed by atoms with Gasteiger partial charge in [0.15, 0.2) is 5.82 Å². The highest BCUT2D eigenvalue weighted by atomic mass is 35.5. The van der Waals surface area contributed by atoms with Crippen LogP contribution in [-0.4, -0.2) is 34.7 Å². The Bertz CT molecular complexity index is 1140. The van der Waals surface area contributed by atoms with Crippen LogP contribution in [0.4, 0.5) is 17.5 Å². The molecule has 8 nitrogen and oxygen atoms in total. The number of hydrogen-bond donors (Lipinski definition) is 4. The van der Waals surface area contributed by atoms with Gasteiger partial charge in [0.25, 0.3) is 5.91 Å². The normalized spacial score (nSPS) is 12.0. The van der Waals surface area contributed by atoms with E-state index in [0.717, 1.165) is 5.56 Å². The van der Waals surface area contributed by atoms with E-state index in [1.807, 2.05) is 0 Å². The maximum atomic E-state index is 11.7. The van der Waals surface area contributed by atoms with Crippen LogP contribution < -0.4 is 16.4 Å². The number of carbonyl (C=O) groups is 1. The first-order valence-electron chi connectivity index (χ1n) is 9.49. The molecule has 1 heterocycles. The standard InChI is InChI=1S/C12H12ClN5O.C10H13O2P/c1-15-12-16-6-8(13)11(18-12)17-9-5-3-2-4-7(9)10(14)19;1-3-13(2,12)8-9-4-6-10(11)7-5-9/h2-6H,1H3,(H2,14,19)(H2,15,16,17,18);3-7,11H,1,8H2,2H3. The zero-order chi connectivity index (χ0) is 23.7. The molecular formula is C22H25ClN5O3P. The number of aromatic nitrogens is 2. The molecule has 32 heavy (non-hydrogen) atoms. The van der Waals surface area contributed by atoms with Gasteiger partial charge in [-0.15, -0.1) is 0 Å². The van der Waals surface area contributed by atoms with E-state index in [9.17, 15) is 9.36 Å². The number of primary amides is 1. The summed E-state index contributed by atoms with van der Waals surface area (Å²) in [6, 6.07) is 13.6. The summed E-state index contributed by atoms with van der Waals surface area (Å²) in [5.41, 5.74) is 7.17. The van der Waals surface area contributed by atoms with Gasteiger partial charge in [0.2, 0.25) is 5.95 Å². The number of carbonyl (C=O) groups excluding carboxylic acids is 1. The molecule has 0 aliphatic carbocycles. The van der Waals surface area contributed by atoms with E-state index in [2.05, 4.69) is 27.2 Å². The van der Waals surface area contributed by atoms with Crippen molar-refractivity contribution in [2.45, 2.75) is 6.16 Å². The van der Waals surface area contributed by atoms with Gasteiger partial charge in [-0.3, -0.25) is 4.79 Å². The Morgan fingerprint density at radius 2 is 1.91 bits per heavy atom. The number of halogens is 1. The molecular weight excluding hydrogens is 449 g/mol. The number of amides is 1. The first-order valence-corrected chi connectivity index (χ1v) is 12.3. The quantitative estimate of drug-likeness (QED) is 0.353. The molecule has 0 aliphatic rings. The summed E-state index contributed by atoms with van der Waals surface area (Å²) in [4.78, 5) is 19.5. The lowest BCUT2D eigenvalue weighted by Crippen LogP contribution is -2.13. The molecule has 1 aromatic heterocycles. The molecule has 1 amide bonds. The van der Waals surface area contributed by atoms with Gasteiger partial charge in [-0.05, 0) is 42.3 Å². The molecule has 1 atom stereocenters. The first-order chi connectivity index (χ1) is 15.1. The Hall–Kier alpha value is -3.35. The zero-order valence-electron chi connectivity index (χ0n) is 17.7. The minimum Gasteiger partial charge on any atom is -0.508 e. The number of nitrogens with zero attached hydrogens (tertiary/aromatic N) is 2. The Balaban J connectivity index is 0.000000244. The molecule has 2 aromatic carbocycles. The summed E-state index contributed by atoms with van der Waals surface area (Å²) in [6.45, 7) is 5.23. The summed E-state index contributed by atoms with van der Waals surface area (Å²) in [5, 5.41) is 15.1. The van der Waals surface area contributed by atoms with Gasteiger partial charge >= 0.3 is 0 Å². The van der Waals surface area contributed by atoms with Gasteiger partial charge in [0.05, 0.1) is 17.4 Å². The Labute approximate surface area is 191 Å². The van der Waals surface area contributed by atoms with Gasteiger partial charge < -0.3 is 26.0 Å². The number of rotatable bonds is 7. The second-order valence-electron chi connectivity index (χ2n) is 6.86. The third-order valence-electron chi connectivity index (χ3n) is 4.23. The van der Waals surface area contributed by atoms with Crippen LogP contribution in [0.25, 0.3) is 0 Å². The molecule has 3 aromatic rings. The highest BCUT2D eigenvalue weighted by Crippen LogP contribution is 2.45. The van der Waals surface area contributed by atoms with E-state index in [1.54, 1.807) is 62.2 Å². The average molecular weight is 474 g/mol. The van der Waals surface area contributed by atoms with E-state index < -0.39 is 13.0 Å². The minimum atomic E-state index is -2.23. The number of nitrogens with two attached hydrogens (primary N) is 1. The molecule has 0 saturated carbocycles. The summed E-state index contributed by atoms with van der Waals surface area (Å²) in [7, 11) is -0.529. The van der Waals surface area contributed by atoms with Crippen LogP contribution in [0.15, 0.2) is 67.1 Å². The van der Waals surface area contributed by atoms with Gasteiger partial charge in [0.1, 0.15) is 17.9 Å². The molecule has 1 unspecified atom stereocenters. The molecule has 0 saturated heterocycles. The minimum absolute atomic E-state index is 0.230. The number of nitrogens with one attached hydrogen (secondary N) is 2. The summed E-state index contributed by atoms with van der Waals surface area (Å²) >= 11 is 6.00. The van der Waals surface area contributed by atoms with Crippen LogP contribution in [0.3, 0.4) is 0 Å². The highest BCUT2D eigenvalue weighted by molar-refractivity contribution is 7.65. The highest BCUT2D eigenvalue weighted by Gasteiger charge is 2.11. The smallest absolute Gasteiger partial charge is 0.250 e. The van der Waals surface area contributed by atoms with E-state index in [-0.39, 0.29) is 5.75 Å². The second kappa shape index (κ2) is 11.3. The maximum absolute atomic E-state index is 11.7. The van der Waals surface area contributed by atoms with Crippen molar-refractivity contribution >= 4 is 42.1 Å². The third-order valence-corrected chi connectivity index (χ3v) is 6.27. The van der Waals surface area contributed by atoms with E-state index in [1.165, 1.54) is 12.0 Å². The molecule has 0 aliphatic heterocycles. The van der Waals surface area contributed by atoms with Crippen molar-refractivity contribution in [1.29, 1.82) is 0 Å². The van der Waals surface area contributed by atoms with Crippen molar-refractivity contribution in [3.63, 3.8) is 0 Å². The molecule has 0 bridgehead atoms. The largest absolute Gasteiger partial charge is 0.508 e. The lowest BCUT2D eigenvalue weighted by molar-refractivity contribution is 0.100. The Morgan fingerprint density at radius 3 is 2.50 bits per heavy atom. The van der Waals surface area contributed by atoms with Gasteiger partial charge in [-0.2, -0.15) is 4.98 Å². The Kier molecular flexibility index (Phi) is 8.81. The number of para-hydroxylation sites is 1. The van der Waals surface area contributed by atoms with Crippen LogP contribution in [0, 0.1) is 0 Å². The lowest BCUT2D eigenvalue weighted by atomic mass is 10.1. The van der Waals surface area contributed by atoms with Gasteiger partial charge in [-0.25, -0.2) is 4.98 Å². The van der Waals surface area contributed by atoms with Crippen molar-refractivity contribution < 1.29 is 14.5 Å². The van der Waals surface area contributed by atoms with E-state index >= 15 is 0 Å². The van der Waals surface area contributed by atoms with Crippen molar-refractivity contribution in [3.8, 4) is 5.75 Å². The predicted molar refractivity (Wildman–Crippen MR) is 130 cm³/mol. The number of benzene rings is 2. The summed E-state index contributed by atoms with van der Waals surface area (Å²) < 4.78 is 11.7. The van der Waals surface area contributed by atoms with Crippen LogP contribution >= 0.6 is 18.7 Å². The van der Waals surface area contributed by atoms with E-state index in [4.69, 9.17) is 22.4 Å². The number of aromatic hydroxyl groups is 1. The molecule has 0 fully saturated rings. The summed E-state index contributed by atoms with van der Waals surface area (Å²) in [6.07, 6.45) is 1.98. The zero-order valence-corrected chi connectivity index (χ0v) is 19.4. The van der Waals surface area contributed by atoms with E-state index in [0.29, 0.717) is 34.2 Å². The fourth-order valence-electron chi connectivity index (χ4n) is 2.54. The monoisotopic (exact) mass is 473 g/mol. The molecule has 0 radical (unpaired) electrons. The molecule has 3 rings (SSSR count). The fraction of sp³-hybridized carbons (Fsp3) is 0.136. The van der Waals surface area contributed by atoms with Crippen molar-refractivity contribution in [3.05, 3.63) is 83.3 Å². The second-order valence-corrected chi connectivity index (χ2v) is 10.3. The SMILES string of the molecule is C=CP(C)(=O)Cc1ccc(O)cc1.CNc1ncc(Cl)c(Nc2ccccc2C(N)=O)n1. The molecule has 0 spiro atoms. The number of phenolic OH excluding ortho intramolecular Hbond substituents is 1. The summed E-state index contributed by atoms with van der Waals surface area (Å²) in [5.74, 6) is 2.04. The van der Waals surface area contributed by atoms with Crippen molar-refractivity contribution in [2.24, 2.45) is 5.73 Å². The van der Waals surface area contributed by atoms with Crippen LogP contribution in [-0.2, 0) is 10.7 Å². The number of phenols is 1. The Morgan fingerprint density at radius 1 is 1.25 bits per heavy atom. The average Bonchev–Trinajstić information content (AvgIpc) is 2.77. The topological polar surface area (TPSA) is 130 Å². The van der Waals surface area contributed by atoms with Crippen molar-refractivity contribution in [2.75, 3.05) is 24.3 Å². The molecule has 5 N–H and O–H groups in total. The maximum Gasteiger partial charge on any atom is 0.250 e. The molecule has 168 valence electrons. The van der Waals surface area contributed by atoms with Gasteiger partial charge in [-0.1, -0.05) is 42.4 Å². The van der Waals surface area contributed by atoms with Crippen LogP contribution in [0.2, 0.25) is 5.02 Å². The van der Waals surface area contributed by atoms with Crippen LogP contribution in [0.1, 0.15) is 15.9 Å². The molecule has 10 heteroatoms. The first kappa shape index (κ1) is 24.9. The van der Waals surface area contributed by atoms with Crippen molar-refractivity contribution in [1.82, 2.24) is 9.97 Å². The number of hydrogen-bond acceptors (Lipinski definition) is 7.